The van der Waals surface area contributed by atoms with Gasteiger partial charge in [-0.2, -0.15) is 0 Å². The molecule has 12 N–H and O–H groups in total. The molecule has 55 heavy (non-hydrogen) atoms. The maximum absolute atomic E-state index is 13.9. The number of primary amides is 1. The van der Waals surface area contributed by atoms with Crippen molar-refractivity contribution in [2.75, 3.05) is 6.54 Å². The lowest BCUT2D eigenvalue weighted by Crippen LogP contribution is -2.61. The number of carboxylic acids is 1. The van der Waals surface area contributed by atoms with E-state index in [-0.39, 0.29) is 19.3 Å². The van der Waals surface area contributed by atoms with Crippen LogP contribution >= 0.6 is 0 Å². The van der Waals surface area contributed by atoms with Crippen LogP contribution < -0.4 is 43.8 Å². The topological polar surface area (TPSA) is 278 Å². The van der Waals surface area contributed by atoms with Crippen LogP contribution in [0.5, 0.6) is 0 Å². The molecule has 0 heterocycles. The first-order valence-corrected chi connectivity index (χ1v) is 18.6. The summed E-state index contributed by atoms with van der Waals surface area (Å²) in [5.41, 5.74) is 18.8. The second-order valence-electron chi connectivity index (χ2n) is 14.1. The molecule has 0 aliphatic heterocycles. The Balaban J connectivity index is 2.33. The molecule has 0 saturated heterocycles. The summed E-state index contributed by atoms with van der Waals surface area (Å²) < 4.78 is 0. The van der Waals surface area contributed by atoms with Gasteiger partial charge in [-0.15, -0.1) is 0 Å². The monoisotopic (exact) mass is 766 g/mol. The van der Waals surface area contributed by atoms with Crippen molar-refractivity contribution in [3.63, 3.8) is 0 Å². The number of carbonyl (C=O) groups excluding carboxylic acids is 6. The van der Waals surface area contributed by atoms with Crippen molar-refractivity contribution in [2.45, 2.75) is 109 Å². The summed E-state index contributed by atoms with van der Waals surface area (Å²) >= 11 is 0. The third-order valence-corrected chi connectivity index (χ3v) is 9.19. The molecule has 0 unspecified atom stereocenters. The van der Waals surface area contributed by atoms with Crippen LogP contribution in [0, 0.1) is 11.8 Å². The number of unbranched alkanes of at least 4 members (excludes halogenated alkanes) is 1. The zero-order valence-electron chi connectivity index (χ0n) is 32.1. The van der Waals surface area contributed by atoms with E-state index in [1.54, 1.807) is 58.0 Å². The standard InChI is InChI=1S/C39H58N8O8/c1-5-24(4)33(39(54)55)47-35(50)28(18-12-13-19-40)43-37(52)30(22-31(42)48)44-36(51)29(21-26-16-10-7-11-17-26)45-38(53)32(23(2)3)46-34(49)27(41)20-25-14-8-6-9-15-25/h6-11,14-17,23-24,27-30,32-33H,5,12-13,18-22,40-41H2,1-4H3,(H2,42,48)(H,43,52)(H,44,51)(H,45,53)(H,46,49)(H,47,50)(H,54,55)/t24-,27-,28-,29-,30-,32-,33-/m0/s1. The van der Waals surface area contributed by atoms with Gasteiger partial charge in [0.1, 0.15) is 30.2 Å². The highest BCUT2D eigenvalue weighted by Crippen LogP contribution is 2.12. The van der Waals surface area contributed by atoms with E-state index in [0.29, 0.717) is 31.4 Å². The second kappa shape index (κ2) is 23.4. The minimum atomic E-state index is -1.58. The van der Waals surface area contributed by atoms with E-state index < -0.39 is 95.9 Å². The summed E-state index contributed by atoms with van der Waals surface area (Å²) in [5, 5.41) is 22.7. The molecule has 0 aromatic heterocycles. The lowest BCUT2D eigenvalue weighted by Gasteiger charge is -2.28. The quantitative estimate of drug-likeness (QED) is 0.0646. The third kappa shape index (κ3) is 15.9. The van der Waals surface area contributed by atoms with Gasteiger partial charge < -0.3 is 48.9 Å². The molecule has 0 radical (unpaired) electrons. The number of nitrogens with one attached hydrogen (secondary N) is 5. The number of amides is 6. The molecule has 7 atom stereocenters. The molecule has 2 rings (SSSR count). The van der Waals surface area contributed by atoms with E-state index in [1.165, 1.54) is 0 Å². The highest BCUT2D eigenvalue weighted by atomic mass is 16.4. The first-order valence-electron chi connectivity index (χ1n) is 18.6. The maximum Gasteiger partial charge on any atom is 0.326 e. The van der Waals surface area contributed by atoms with Crippen molar-refractivity contribution in [1.82, 2.24) is 26.6 Å². The van der Waals surface area contributed by atoms with Crippen LogP contribution in [-0.4, -0.2) is 89.3 Å². The fourth-order valence-electron chi connectivity index (χ4n) is 5.73. The normalized spacial score (nSPS) is 14.9. The van der Waals surface area contributed by atoms with Gasteiger partial charge in [0.2, 0.25) is 35.4 Å². The van der Waals surface area contributed by atoms with Crippen molar-refractivity contribution in [3.8, 4) is 0 Å². The Morgan fingerprint density at radius 3 is 1.64 bits per heavy atom. The predicted octanol–water partition coefficient (Wildman–Crippen LogP) is 0.0142. The van der Waals surface area contributed by atoms with Crippen LogP contribution in [0.4, 0.5) is 0 Å². The Kier molecular flexibility index (Phi) is 19.5. The fourth-order valence-corrected chi connectivity index (χ4v) is 5.73. The molecule has 16 nitrogen and oxygen atoms in total. The highest BCUT2D eigenvalue weighted by molar-refractivity contribution is 5.98. The van der Waals surface area contributed by atoms with Gasteiger partial charge >= 0.3 is 5.97 Å². The molecular weight excluding hydrogens is 708 g/mol. The summed E-state index contributed by atoms with van der Waals surface area (Å²) in [7, 11) is 0. The van der Waals surface area contributed by atoms with Crippen molar-refractivity contribution < 1.29 is 38.7 Å². The Morgan fingerprint density at radius 1 is 0.636 bits per heavy atom. The van der Waals surface area contributed by atoms with E-state index >= 15 is 0 Å². The molecule has 0 spiro atoms. The maximum atomic E-state index is 13.9. The summed E-state index contributed by atoms with van der Waals surface area (Å²) in [5.74, 6) is -6.82. The van der Waals surface area contributed by atoms with Gasteiger partial charge in [-0.1, -0.05) is 94.8 Å². The molecule has 0 fully saturated rings. The molecule has 2 aromatic carbocycles. The van der Waals surface area contributed by atoms with E-state index in [1.807, 2.05) is 30.3 Å². The van der Waals surface area contributed by atoms with Gasteiger partial charge in [-0.3, -0.25) is 28.8 Å². The van der Waals surface area contributed by atoms with Gasteiger partial charge in [0.05, 0.1) is 12.5 Å². The lowest BCUT2D eigenvalue weighted by atomic mass is 9.98. The number of carbonyl (C=O) groups is 7. The van der Waals surface area contributed by atoms with Crippen LogP contribution in [0.2, 0.25) is 0 Å². The molecular formula is C39H58N8O8. The number of aliphatic carboxylic acids is 1. The molecule has 0 bridgehead atoms. The summed E-state index contributed by atoms with van der Waals surface area (Å²) in [6.45, 7) is 7.19. The molecule has 302 valence electrons. The Labute approximate surface area is 322 Å². The first-order chi connectivity index (χ1) is 26.1. The average Bonchev–Trinajstić information content (AvgIpc) is 3.14. The third-order valence-electron chi connectivity index (χ3n) is 9.19. The summed E-state index contributed by atoms with van der Waals surface area (Å²) in [4.78, 5) is 91.9. The molecule has 0 aliphatic carbocycles. The number of hydrogen-bond acceptors (Lipinski definition) is 9. The SMILES string of the molecule is CC[C@H](C)[C@H](NC(=O)[C@H](CCCCN)NC(=O)[C@H](CC(N)=O)NC(=O)[C@H](Cc1ccccc1)NC(=O)[C@@H](NC(=O)[C@@H](N)Cc1ccccc1)C(C)C)C(=O)O. The Bertz CT molecular complexity index is 1580. The van der Waals surface area contributed by atoms with E-state index in [4.69, 9.17) is 17.2 Å². The highest BCUT2D eigenvalue weighted by Gasteiger charge is 2.35. The van der Waals surface area contributed by atoms with Gasteiger partial charge in [-0.25, -0.2) is 4.79 Å². The summed E-state index contributed by atoms with van der Waals surface area (Å²) in [6.07, 6.45) is 0.991. The Hall–Kier alpha value is -5.35. The van der Waals surface area contributed by atoms with Gasteiger partial charge in [0.25, 0.3) is 0 Å². The molecule has 2 aromatic rings. The lowest BCUT2D eigenvalue weighted by molar-refractivity contribution is -0.144. The predicted molar refractivity (Wildman–Crippen MR) is 207 cm³/mol. The Morgan fingerprint density at radius 2 is 1.13 bits per heavy atom. The zero-order chi connectivity index (χ0) is 41.1. The fraction of sp³-hybridized carbons (Fsp3) is 0.513. The second-order valence-corrected chi connectivity index (χ2v) is 14.1. The van der Waals surface area contributed by atoms with Crippen LogP contribution in [0.1, 0.15) is 70.9 Å². The van der Waals surface area contributed by atoms with Crippen molar-refractivity contribution in [3.05, 3.63) is 71.8 Å². The van der Waals surface area contributed by atoms with Crippen LogP contribution in [0.3, 0.4) is 0 Å². The molecule has 0 saturated carbocycles. The van der Waals surface area contributed by atoms with Gasteiger partial charge in [-0.05, 0) is 55.2 Å². The average molecular weight is 767 g/mol. The van der Waals surface area contributed by atoms with Crippen molar-refractivity contribution >= 4 is 41.4 Å². The smallest absolute Gasteiger partial charge is 0.326 e. The van der Waals surface area contributed by atoms with Crippen LogP contribution in [0.15, 0.2) is 60.7 Å². The van der Waals surface area contributed by atoms with Crippen LogP contribution in [-0.2, 0) is 46.4 Å². The van der Waals surface area contributed by atoms with E-state index in [0.717, 1.165) is 5.56 Å². The minimum absolute atomic E-state index is 0.0358. The number of hydrogen-bond donors (Lipinski definition) is 9. The van der Waals surface area contributed by atoms with Gasteiger partial charge in [0.15, 0.2) is 0 Å². The zero-order valence-corrected chi connectivity index (χ0v) is 32.1. The summed E-state index contributed by atoms with van der Waals surface area (Å²) in [6, 6.07) is 10.5. The molecule has 16 heteroatoms. The number of nitrogens with two attached hydrogens (primary N) is 3. The van der Waals surface area contributed by atoms with E-state index in [9.17, 15) is 38.7 Å². The van der Waals surface area contributed by atoms with E-state index in [2.05, 4.69) is 26.6 Å². The number of rotatable bonds is 24. The largest absolute Gasteiger partial charge is 0.480 e. The number of benzene rings is 2. The van der Waals surface area contributed by atoms with Crippen LogP contribution in [0.25, 0.3) is 0 Å². The van der Waals surface area contributed by atoms with Crippen molar-refractivity contribution in [2.24, 2.45) is 29.0 Å². The molecule has 6 amide bonds. The van der Waals surface area contributed by atoms with Crippen molar-refractivity contribution in [1.29, 1.82) is 0 Å². The minimum Gasteiger partial charge on any atom is -0.480 e. The number of carboxylic acid groups (broad SMARTS) is 1. The molecule has 0 aliphatic rings. The first kappa shape index (κ1) is 45.8. The van der Waals surface area contributed by atoms with Gasteiger partial charge in [0, 0.05) is 6.42 Å².